The van der Waals surface area contributed by atoms with Crippen molar-refractivity contribution < 1.29 is 13.9 Å². The van der Waals surface area contributed by atoms with Gasteiger partial charge in [0.2, 0.25) is 0 Å². The number of anilines is 1. The van der Waals surface area contributed by atoms with Gasteiger partial charge in [0, 0.05) is 12.2 Å². The molecule has 102 valence electrons. The second kappa shape index (κ2) is 6.13. The van der Waals surface area contributed by atoms with Crippen LogP contribution < -0.4 is 5.32 Å². The molecule has 0 saturated carbocycles. The molecule has 0 radical (unpaired) electrons. The quantitative estimate of drug-likeness (QED) is 0.901. The number of aliphatic hydroxyl groups excluding tert-OH is 1. The summed E-state index contributed by atoms with van der Waals surface area (Å²) in [5, 5.41) is 21.5. The zero-order valence-electron chi connectivity index (χ0n) is 10.5. The van der Waals surface area contributed by atoms with Crippen LogP contribution in [0, 0.1) is 23.0 Å². The number of nitrogens with zero attached hydrogens (tertiary/aromatic N) is 1. The van der Waals surface area contributed by atoms with E-state index in [1.807, 2.05) is 0 Å². The fourth-order valence-electron chi connectivity index (χ4n) is 1.74. The number of hydrogen-bond donors (Lipinski definition) is 2. The molecule has 0 heterocycles. The molecule has 2 aromatic rings. The van der Waals surface area contributed by atoms with Crippen molar-refractivity contribution >= 4 is 5.69 Å². The first-order valence-electron chi connectivity index (χ1n) is 5.97. The van der Waals surface area contributed by atoms with Gasteiger partial charge in [0.05, 0.1) is 11.7 Å². The van der Waals surface area contributed by atoms with Gasteiger partial charge >= 0.3 is 0 Å². The molecule has 1 unspecified atom stereocenters. The minimum atomic E-state index is -0.828. The number of rotatable bonds is 4. The lowest BCUT2D eigenvalue weighted by Crippen LogP contribution is -2.12. The lowest BCUT2D eigenvalue weighted by Gasteiger charge is -2.13. The van der Waals surface area contributed by atoms with Crippen LogP contribution in [0.1, 0.15) is 17.2 Å². The molecule has 0 aliphatic heterocycles. The summed E-state index contributed by atoms with van der Waals surface area (Å²) in [6.07, 6.45) is -0.828. The van der Waals surface area contributed by atoms with Gasteiger partial charge in [-0.1, -0.05) is 12.1 Å². The van der Waals surface area contributed by atoms with Crippen molar-refractivity contribution in [2.75, 3.05) is 11.9 Å². The van der Waals surface area contributed by atoms with Gasteiger partial charge in [0.25, 0.3) is 0 Å². The first kappa shape index (κ1) is 14.0. The fraction of sp³-hybridized carbons (Fsp3) is 0.133. The molecule has 20 heavy (non-hydrogen) atoms. The van der Waals surface area contributed by atoms with Gasteiger partial charge in [-0.3, -0.25) is 0 Å². The third-order valence-corrected chi connectivity index (χ3v) is 2.84. The maximum Gasteiger partial charge on any atom is 0.141 e. The van der Waals surface area contributed by atoms with E-state index in [0.717, 1.165) is 0 Å². The molecule has 0 aromatic heterocycles. The Morgan fingerprint density at radius 1 is 1.15 bits per heavy atom. The molecular formula is C15H12F2N2O. The maximum atomic E-state index is 13.1. The Bertz CT molecular complexity index is 635. The summed E-state index contributed by atoms with van der Waals surface area (Å²) >= 11 is 0. The highest BCUT2D eigenvalue weighted by atomic mass is 19.1. The first-order valence-corrected chi connectivity index (χ1v) is 5.97. The number of halogens is 2. The summed E-state index contributed by atoms with van der Waals surface area (Å²) in [4.78, 5) is 0. The molecule has 0 bridgehead atoms. The zero-order chi connectivity index (χ0) is 14.5. The lowest BCUT2D eigenvalue weighted by molar-refractivity contribution is 0.191. The summed E-state index contributed by atoms with van der Waals surface area (Å²) in [6, 6.07) is 11.3. The number of hydrogen-bond acceptors (Lipinski definition) is 3. The number of nitrogens with one attached hydrogen (secondary N) is 1. The third-order valence-electron chi connectivity index (χ3n) is 2.84. The SMILES string of the molecule is N#Cc1cc(NCC(O)c2ccc(F)cc2)ccc1F. The van der Waals surface area contributed by atoms with Gasteiger partial charge in [0.1, 0.15) is 17.7 Å². The van der Waals surface area contributed by atoms with E-state index in [-0.39, 0.29) is 17.9 Å². The van der Waals surface area contributed by atoms with Crippen molar-refractivity contribution in [3.63, 3.8) is 0 Å². The Kier molecular flexibility index (Phi) is 4.28. The van der Waals surface area contributed by atoms with Gasteiger partial charge in [-0.05, 0) is 35.9 Å². The smallest absolute Gasteiger partial charge is 0.141 e. The maximum absolute atomic E-state index is 13.1. The molecule has 2 N–H and O–H groups in total. The predicted octanol–water partition coefficient (Wildman–Crippen LogP) is 2.98. The zero-order valence-corrected chi connectivity index (χ0v) is 10.5. The molecule has 5 heteroatoms. The van der Waals surface area contributed by atoms with E-state index in [4.69, 9.17) is 5.26 Å². The van der Waals surface area contributed by atoms with E-state index in [1.54, 1.807) is 6.07 Å². The van der Waals surface area contributed by atoms with Crippen molar-refractivity contribution in [3.8, 4) is 6.07 Å². The van der Waals surface area contributed by atoms with Gasteiger partial charge in [0.15, 0.2) is 0 Å². The van der Waals surface area contributed by atoms with E-state index in [9.17, 15) is 13.9 Å². The van der Waals surface area contributed by atoms with Crippen molar-refractivity contribution in [3.05, 3.63) is 65.2 Å². The lowest BCUT2D eigenvalue weighted by atomic mass is 10.1. The summed E-state index contributed by atoms with van der Waals surface area (Å²) < 4.78 is 25.9. The van der Waals surface area contributed by atoms with Crippen LogP contribution in [0.25, 0.3) is 0 Å². The number of benzene rings is 2. The van der Waals surface area contributed by atoms with Crippen LogP contribution in [0.5, 0.6) is 0 Å². The highest BCUT2D eigenvalue weighted by Crippen LogP contribution is 2.17. The van der Waals surface area contributed by atoms with Crippen molar-refractivity contribution in [1.82, 2.24) is 0 Å². The third kappa shape index (κ3) is 3.31. The number of nitriles is 1. The average molecular weight is 274 g/mol. The molecule has 1 atom stereocenters. The molecule has 0 spiro atoms. The molecule has 0 aliphatic rings. The van der Waals surface area contributed by atoms with Crippen molar-refractivity contribution in [2.24, 2.45) is 0 Å². The van der Waals surface area contributed by atoms with E-state index < -0.39 is 11.9 Å². The Morgan fingerprint density at radius 2 is 1.85 bits per heavy atom. The Balaban J connectivity index is 2.01. The van der Waals surface area contributed by atoms with E-state index >= 15 is 0 Å². The average Bonchev–Trinajstić information content (AvgIpc) is 2.46. The van der Waals surface area contributed by atoms with E-state index in [1.165, 1.54) is 42.5 Å². The Hall–Kier alpha value is -2.45. The van der Waals surface area contributed by atoms with Gasteiger partial charge in [-0.15, -0.1) is 0 Å². The van der Waals surface area contributed by atoms with Crippen LogP contribution in [0.4, 0.5) is 14.5 Å². The van der Waals surface area contributed by atoms with E-state index in [2.05, 4.69) is 5.32 Å². The van der Waals surface area contributed by atoms with Crippen LogP contribution in [0.15, 0.2) is 42.5 Å². The molecule has 2 aromatic carbocycles. The normalized spacial score (nSPS) is 11.7. The molecule has 2 rings (SSSR count). The minimum absolute atomic E-state index is 0.0636. The first-order chi connectivity index (χ1) is 9.60. The van der Waals surface area contributed by atoms with Gasteiger partial charge < -0.3 is 10.4 Å². The highest BCUT2D eigenvalue weighted by molar-refractivity contribution is 5.50. The van der Waals surface area contributed by atoms with Crippen molar-refractivity contribution in [2.45, 2.75) is 6.10 Å². The van der Waals surface area contributed by atoms with Crippen LogP contribution >= 0.6 is 0 Å². The molecule has 0 saturated heterocycles. The van der Waals surface area contributed by atoms with Gasteiger partial charge in [-0.25, -0.2) is 8.78 Å². The largest absolute Gasteiger partial charge is 0.387 e. The van der Waals surface area contributed by atoms with Crippen molar-refractivity contribution in [1.29, 1.82) is 5.26 Å². The molecule has 0 fully saturated rings. The Morgan fingerprint density at radius 3 is 2.50 bits per heavy atom. The van der Waals surface area contributed by atoms with Crippen LogP contribution in [0.3, 0.4) is 0 Å². The second-order valence-electron chi connectivity index (χ2n) is 4.25. The predicted molar refractivity (Wildman–Crippen MR) is 71.0 cm³/mol. The summed E-state index contributed by atoms with van der Waals surface area (Å²) in [6.45, 7) is 0.169. The molecule has 3 nitrogen and oxygen atoms in total. The van der Waals surface area contributed by atoms with E-state index in [0.29, 0.717) is 11.3 Å². The topological polar surface area (TPSA) is 56.0 Å². The monoisotopic (exact) mass is 274 g/mol. The Labute approximate surface area is 115 Å². The summed E-state index contributed by atoms with van der Waals surface area (Å²) in [5.41, 5.74) is 1.04. The molecular weight excluding hydrogens is 262 g/mol. The summed E-state index contributed by atoms with van der Waals surface area (Å²) in [5.74, 6) is -0.955. The van der Waals surface area contributed by atoms with Gasteiger partial charge in [-0.2, -0.15) is 5.26 Å². The number of aliphatic hydroxyl groups is 1. The summed E-state index contributed by atoms with van der Waals surface area (Å²) in [7, 11) is 0. The molecule has 0 amide bonds. The van der Waals surface area contributed by atoms with Crippen LogP contribution in [0.2, 0.25) is 0 Å². The minimum Gasteiger partial charge on any atom is -0.387 e. The highest BCUT2D eigenvalue weighted by Gasteiger charge is 2.08. The van der Waals surface area contributed by atoms with Crippen LogP contribution in [-0.2, 0) is 0 Å². The standard InChI is InChI=1S/C15H12F2N2O/c16-12-3-1-10(2-4-12)15(20)9-19-13-5-6-14(17)11(7-13)8-18/h1-7,15,19-20H,9H2. The second-order valence-corrected chi connectivity index (χ2v) is 4.25. The van der Waals surface area contributed by atoms with Crippen LogP contribution in [-0.4, -0.2) is 11.7 Å². The molecule has 0 aliphatic carbocycles. The fourth-order valence-corrected chi connectivity index (χ4v) is 1.74.